The zero-order valence-electron chi connectivity index (χ0n) is 15.3. The van der Waals surface area contributed by atoms with Gasteiger partial charge in [-0.25, -0.2) is 0 Å². The van der Waals surface area contributed by atoms with Crippen LogP contribution in [0.1, 0.15) is 49.5 Å². The van der Waals surface area contributed by atoms with Gasteiger partial charge in [0.05, 0.1) is 5.54 Å². The number of hydrogen-bond acceptors (Lipinski definition) is 2. The van der Waals surface area contributed by atoms with Gasteiger partial charge in [-0.15, -0.1) is 11.3 Å². The molecule has 0 aliphatic heterocycles. The highest BCUT2D eigenvalue weighted by molar-refractivity contribution is 7.10. The zero-order valence-corrected chi connectivity index (χ0v) is 16.1. The molecule has 1 aromatic carbocycles. The van der Waals surface area contributed by atoms with Crippen LogP contribution in [0.4, 0.5) is 0 Å². The molecule has 2 heterocycles. The maximum absolute atomic E-state index is 13.1. The number of amides is 1. The lowest BCUT2D eigenvalue weighted by atomic mass is 9.80. The van der Waals surface area contributed by atoms with Crippen LogP contribution in [0.5, 0.6) is 0 Å². The van der Waals surface area contributed by atoms with Gasteiger partial charge in [-0.3, -0.25) is 4.79 Å². The van der Waals surface area contributed by atoms with Crippen LogP contribution in [-0.2, 0) is 16.8 Å². The molecule has 3 aromatic rings. The molecule has 0 saturated heterocycles. The molecule has 1 aliphatic rings. The van der Waals surface area contributed by atoms with E-state index >= 15 is 0 Å². The third-order valence-corrected chi connectivity index (χ3v) is 6.78. The Morgan fingerprint density at radius 2 is 2.00 bits per heavy atom. The lowest BCUT2D eigenvalue weighted by Gasteiger charge is -2.38. The number of benzene rings is 1. The molecular formula is C22H26N2OS. The quantitative estimate of drug-likeness (QED) is 0.625. The molecular weight excluding hydrogens is 340 g/mol. The summed E-state index contributed by atoms with van der Waals surface area (Å²) in [6.45, 7) is 2.04. The average Bonchev–Trinajstić information content (AvgIpc) is 3.33. The molecule has 2 aromatic heterocycles. The van der Waals surface area contributed by atoms with Crippen LogP contribution >= 0.6 is 11.3 Å². The summed E-state index contributed by atoms with van der Waals surface area (Å²) in [5.41, 5.74) is 2.20. The molecule has 1 amide bonds. The van der Waals surface area contributed by atoms with Crippen molar-refractivity contribution in [1.82, 2.24) is 10.3 Å². The second kappa shape index (κ2) is 7.28. The van der Waals surface area contributed by atoms with Gasteiger partial charge in [0.1, 0.15) is 0 Å². The highest BCUT2D eigenvalue weighted by Gasteiger charge is 2.37. The third-order valence-electron chi connectivity index (χ3n) is 5.71. The molecule has 1 aliphatic carbocycles. The maximum atomic E-state index is 13.1. The smallest absolute Gasteiger partial charge is 0.223 e. The van der Waals surface area contributed by atoms with Crippen molar-refractivity contribution in [3.63, 3.8) is 0 Å². The molecule has 0 bridgehead atoms. The van der Waals surface area contributed by atoms with Gasteiger partial charge in [0.15, 0.2) is 0 Å². The average molecular weight is 367 g/mol. The Morgan fingerprint density at radius 3 is 2.77 bits per heavy atom. The van der Waals surface area contributed by atoms with Crippen molar-refractivity contribution >= 4 is 28.1 Å². The van der Waals surface area contributed by atoms with Gasteiger partial charge in [-0.05, 0) is 42.3 Å². The van der Waals surface area contributed by atoms with Crippen molar-refractivity contribution in [2.24, 2.45) is 5.92 Å². The van der Waals surface area contributed by atoms with Crippen LogP contribution < -0.4 is 5.32 Å². The number of hydrogen-bond donors (Lipinski definition) is 2. The SMILES string of the molecule is CC(Cc1c[nH]c2ccccc12)C(=O)NC1(c2cccs2)CCCCC1. The van der Waals surface area contributed by atoms with Crippen LogP contribution in [0.3, 0.4) is 0 Å². The fraction of sp³-hybridized carbons (Fsp3) is 0.409. The summed E-state index contributed by atoms with van der Waals surface area (Å²) in [5, 5.41) is 6.79. The molecule has 1 unspecified atom stereocenters. The summed E-state index contributed by atoms with van der Waals surface area (Å²) in [6, 6.07) is 12.6. The highest BCUT2D eigenvalue weighted by atomic mass is 32.1. The van der Waals surface area contributed by atoms with Gasteiger partial charge < -0.3 is 10.3 Å². The van der Waals surface area contributed by atoms with Gasteiger partial charge >= 0.3 is 0 Å². The Bertz CT molecular complexity index is 875. The number of nitrogens with one attached hydrogen (secondary N) is 2. The fourth-order valence-corrected chi connectivity index (χ4v) is 5.16. The summed E-state index contributed by atoms with van der Waals surface area (Å²) in [7, 11) is 0. The Morgan fingerprint density at radius 1 is 1.19 bits per heavy atom. The fourth-order valence-electron chi connectivity index (χ4n) is 4.22. The van der Waals surface area contributed by atoms with Crippen molar-refractivity contribution in [2.75, 3.05) is 0 Å². The van der Waals surface area contributed by atoms with Crippen LogP contribution in [0.2, 0.25) is 0 Å². The van der Waals surface area contributed by atoms with Crippen LogP contribution in [-0.4, -0.2) is 10.9 Å². The number of fused-ring (bicyclic) bond motifs is 1. The number of aromatic nitrogens is 1. The third kappa shape index (κ3) is 3.30. The van der Waals surface area contributed by atoms with Gasteiger partial charge in [0.2, 0.25) is 5.91 Å². The second-order valence-electron chi connectivity index (χ2n) is 7.57. The number of aromatic amines is 1. The standard InChI is InChI=1S/C22H26N2OS/c1-16(14-17-15-23-19-9-4-3-8-18(17)19)21(25)24-22(11-5-2-6-12-22)20-10-7-13-26-20/h3-4,7-10,13,15-16,23H,2,5-6,11-12,14H2,1H3,(H,24,25). The molecule has 0 spiro atoms. The Balaban J connectivity index is 1.51. The summed E-state index contributed by atoms with van der Waals surface area (Å²) < 4.78 is 0. The number of thiophene rings is 1. The van der Waals surface area contributed by atoms with Gasteiger partial charge in [-0.1, -0.05) is 50.5 Å². The molecule has 136 valence electrons. The monoisotopic (exact) mass is 366 g/mol. The van der Waals surface area contributed by atoms with Crippen molar-refractivity contribution in [3.8, 4) is 0 Å². The molecule has 4 rings (SSSR count). The van der Waals surface area contributed by atoms with Crippen LogP contribution in [0.25, 0.3) is 10.9 Å². The number of para-hydroxylation sites is 1. The van der Waals surface area contributed by atoms with Crippen molar-refractivity contribution < 1.29 is 4.79 Å². The van der Waals surface area contributed by atoms with E-state index in [-0.39, 0.29) is 17.4 Å². The molecule has 26 heavy (non-hydrogen) atoms. The largest absolute Gasteiger partial charge is 0.361 e. The van der Waals surface area contributed by atoms with Gasteiger partial charge in [0, 0.05) is 27.9 Å². The van der Waals surface area contributed by atoms with Crippen molar-refractivity contribution in [2.45, 2.75) is 51.0 Å². The molecule has 2 N–H and O–H groups in total. The molecule has 1 fully saturated rings. The number of H-pyrrole nitrogens is 1. The minimum absolute atomic E-state index is 0.0482. The zero-order chi connectivity index (χ0) is 18.0. The Kier molecular flexibility index (Phi) is 4.86. The molecule has 0 radical (unpaired) electrons. The van der Waals surface area contributed by atoms with E-state index in [0.717, 1.165) is 24.8 Å². The minimum Gasteiger partial charge on any atom is -0.361 e. The van der Waals surface area contributed by atoms with E-state index in [0.29, 0.717) is 0 Å². The van der Waals surface area contributed by atoms with E-state index in [1.54, 1.807) is 11.3 Å². The van der Waals surface area contributed by atoms with E-state index in [4.69, 9.17) is 0 Å². The lowest BCUT2D eigenvalue weighted by molar-refractivity contribution is -0.127. The van der Waals surface area contributed by atoms with E-state index < -0.39 is 0 Å². The predicted molar refractivity (Wildman–Crippen MR) is 108 cm³/mol. The van der Waals surface area contributed by atoms with Crippen LogP contribution in [0, 0.1) is 5.92 Å². The van der Waals surface area contributed by atoms with Crippen LogP contribution in [0.15, 0.2) is 48.0 Å². The number of carbonyl (C=O) groups is 1. The Hall–Kier alpha value is -2.07. The minimum atomic E-state index is -0.155. The maximum Gasteiger partial charge on any atom is 0.223 e. The molecule has 1 saturated carbocycles. The first kappa shape index (κ1) is 17.3. The summed E-state index contributed by atoms with van der Waals surface area (Å²) >= 11 is 1.77. The number of rotatable bonds is 5. The molecule has 4 heteroatoms. The predicted octanol–water partition coefficient (Wildman–Crippen LogP) is 5.38. The normalized spacial score (nSPS) is 17.9. The summed E-state index contributed by atoms with van der Waals surface area (Å²) in [4.78, 5) is 17.7. The first-order valence-corrected chi connectivity index (χ1v) is 10.5. The lowest BCUT2D eigenvalue weighted by Crippen LogP contribution is -2.48. The first-order chi connectivity index (χ1) is 12.7. The number of carbonyl (C=O) groups excluding carboxylic acids is 1. The summed E-state index contributed by atoms with van der Waals surface area (Å²) in [5.74, 6) is 0.124. The molecule has 1 atom stereocenters. The van der Waals surface area contributed by atoms with Gasteiger partial charge in [0.25, 0.3) is 0 Å². The Labute approximate surface area is 158 Å². The van der Waals surface area contributed by atoms with Crippen molar-refractivity contribution in [3.05, 3.63) is 58.4 Å². The highest BCUT2D eigenvalue weighted by Crippen LogP contribution is 2.39. The summed E-state index contributed by atoms with van der Waals surface area (Å²) in [6.07, 6.45) is 8.57. The van der Waals surface area contributed by atoms with Gasteiger partial charge in [-0.2, -0.15) is 0 Å². The van der Waals surface area contributed by atoms with E-state index in [9.17, 15) is 4.79 Å². The van der Waals surface area contributed by atoms with E-state index in [1.807, 2.05) is 19.2 Å². The second-order valence-corrected chi connectivity index (χ2v) is 8.52. The van der Waals surface area contributed by atoms with Crippen molar-refractivity contribution in [1.29, 1.82) is 0 Å². The van der Waals surface area contributed by atoms with E-state index in [2.05, 4.69) is 46.0 Å². The topological polar surface area (TPSA) is 44.9 Å². The molecule has 3 nitrogen and oxygen atoms in total. The van der Waals surface area contributed by atoms with E-state index in [1.165, 1.54) is 35.1 Å². The first-order valence-electron chi connectivity index (χ1n) is 9.59.